The normalized spacial score (nSPS) is 23.0. The average molecular weight is 384 g/mol. The highest BCUT2D eigenvalue weighted by Crippen LogP contribution is 2.39. The van der Waals surface area contributed by atoms with Crippen molar-refractivity contribution in [3.63, 3.8) is 0 Å². The van der Waals surface area contributed by atoms with Crippen LogP contribution in [-0.2, 0) is 9.53 Å². The molecule has 4 rings (SSSR count). The van der Waals surface area contributed by atoms with Gasteiger partial charge in [-0.15, -0.1) is 0 Å². The predicted octanol–water partition coefficient (Wildman–Crippen LogP) is 2.36. The van der Waals surface area contributed by atoms with Crippen molar-refractivity contribution < 1.29 is 14.3 Å². The van der Waals surface area contributed by atoms with Gasteiger partial charge in [0.1, 0.15) is 0 Å². The summed E-state index contributed by atoms with van der Waals surface area (Å²) >= 11 is 0. The highest BCUT2D eigenvalue weighted by atomic mass is 16.5. The molecule has 1 spiro atoms. The summed E-state index contributed by atoms with van der Waals surface area (Å²) in [4.78, 5) is 29.4. The standard InChI is InChI=1S/C21H28N4O3/c1-15-4-5-17-16(12-15)19(23-22-17)20(27)25-9-3-7-21(14-25)8-6-18(26)24(13-21)10-11-28-2/h4-5,12H,3,6-11,13-14H2,1-2H3,(H,22,23)/t21-/m0/s1. The first kappa shape index (κ1) is 18.9. The Labute approximate surface area is 165 Å². The zero-order valence-electron chi connectivity index (χ0n) is 16.7. The minimum absolute atomic E-state index is 0.0163. The van der Waals surface area contributed by atoms with Gasteiger partial charge in [0.25, 0.3) is 5.91 Å². The number of hydrogen-bond acceptors (Lipinski definition) is 4. The fraction of sp³-hybridized carbons (Fsp3) is 0.571. The molecule has 2 saturated heterocycles. The van der Waals surface area contributed by atoms with Crippen LogP contribution in [0, 0.1) is 12.3 Å². The lowest BCUT2D eigenvalue weighted by Crippen LogP contribution is -2.55. The minimum atomic E-state index is -0.0173. The number of carbonyl (C=O) groups excluding carboxylic acids is 2. The van der Waals surface area contributed by atoms with Gasteiger partial charge in [0.2, 0.25) is 5.91 Å². The number of H-pyrrole nitrogens is 1. The van der Waals surface area contributed by atoms with Crippen LogP contribution >= 0.6 is 0 Å². The maximum Gasteiger partial charge on any atom is 0.275 e. The first-order valence-electron chi connectivity index (χ1n) is 10.0. The van der Waals surface area contributed by atoms with Crippen molar-refractivity contribution >= 4 is 22.7 Å². The lowest BCUT2D eigenvalue weighted by atomic mass is 9.73. The first-order chi connectivity index (χ1) is 13.5. The first-order valence-corrected chi connectivity index (χ1v) is 10.0. The number of aryl methyl sites for hydroxylation is 1. The Balaban J connectivity index is 1.53. The third-order valence-corrected chi connectivity index (χ3v) is 6.18. The third-order valence-electron chi connectivity index (χ3n) is 6.18. The summed E-state index contributed by atoms with van der Waals surface area (Å²) in [7, 11) is 1.65. The second-order valence-corrected chi connectivity index (χ2v) is 8.26. The number of likely N-dealkylation sites (tertiary alicyclic amines) is 2. The molecule has 2 fully saturated rings. The van der Waals surface area contributed by atoms with Crippen molar-refractivity contribution in [2.45, 2.75) is 32.6 Å². The van der Waals surface area contributed by atoms with E-state index in [9.17, 15) is 9.59 Å². The lowest BCUT2D eigenvalue weighted by molar-refractivity contribution is -0.139. The number of amides is 2. The van der Waals surface area contributed by atoms with E-state index in [-0.39, 0.29) is 17.2 Å². The molecular formula is C21H28N4O3. The second kappa shape index (κ2) is 7.54. The van der Waals surface area contributed by atoms with Crippen LogP contribution < -0.4 is 0 Å². The molecule has 0 aliphatic carbocycles. The molecule has 2 amide bonds. The molecule has 0 radical (unpaired) electrons. The maximum absolute atomic E-state index is 13.3. The van der Waals surface area contributed by atoms with Crippen molar-refractivity contribution in [2.75, 3.05) is 39.9 Å². The molecule has 150 valence electrons. The molecule has 28 heavy (non-hydrogen) atoms. The number of aromatic amines is 1. The van der Waals surface area contributed by atoms with E-state index in [1.165, 1.54) is 0 Å². The Morgan fingerprint density at radius 3 is 3.00 bits per heavy atom. The zero-order chi connectivity index (χ0) is 19.7. The summed E-state index contributed by atoms with van der Waals surface area (Å²) in [5.41, 5.74) is 2.48. The van der Waals surface area contributed by atoms with E-state index in [2.05, 4.69) is 10.2 Å². The Bertz CT molecular complexity index is 893. The van der Waals surface area contributed by atoms with Gasteiger partial charge in [0, 0.05) is 50.5 Å². The van der Waals surface area contributed by atoms with Crippen LogP contribution in [0.15, 0.2) is 18.2 Å². The number of rotatable bonds is 4. The molecule has 3 heterocycles. The molecule has 1 atom stereocenters. The number of ether oxygens (including phenoxy) is 1. The van der Waals surface area contributed by atoms with Crippen LogP contribution in [0.3, 0.4) is 0 Å². The SMILES string of the molecule is COCCN1C[C@]2(CCCN(C(=O)c3n[nH]c4ccc(C)cc34)C2)CCC1=O. The number of hydrogen-bond donors (Lipinski definition) is 1. The third kappa shape index (κ3) is 3.51. The molecule has 7 nitrogen and oxygen atoms in total. The second-order valence-electron chi connectivity index (χ2n) is 8.26. The molecule has 7 heteroatoms. The molecule has 0 bridgehead atoms. The van der Waals surface area contributed by atoms with Crippen molar-refractivity contribution in [1.82, 2.24) is 20.0 Å². The molecule has 2 aromatic rings. The number of fused-ring (bicyclic) bond motifs is 1. The van der Waals surface area contributed by atoms with Gasteiger partial charge in [0.05, 0.1) is 12.1 Å². The van der Waals surface area contributed by atoms with Gasteiger partial charge in [-0.1, -0.05) is 11.6 Å². The van der Waals surface area contributed by atoms with Crippen LogP contribution in [0.5, 0.6) is 0 Å². The highest BCUT2D eigenvalue weighted by molar-refractivity contribution is 6.04. The molecule has 0 unspecified atom stereocenters. The molecule has 1 aromatic heterocycles. The summed E-state index contributed by atoms with van der Waals surface area (Å²) < 4.78 is 5.16. The zero-order valence-corrected chi connectivity index (χ0v) is 16.7. The number of carbonyl (C=O) groups is 2. The van der Waals surface area contributed by atoms with E-state index >= 15 is 0 Å². The fourth-order valence-electron chi connectivity index (χ4n) is 4.66. The molecular weight excluding hydrogens is 356 g/mol. The Morgan fingerprint density at radius 2 is 2.18 bits per heavy atom. The van der Waals surface area contributed by atoms with Gasteiger partial charge >= 0.3 is 0 Å². The lowest BCUT2D eigenvalue weighted by Gasteiger charge is -2.48. The van der Waals surface area contributed by atoms with Gasteiger partial charge in [-0.05, 0) is 38.3 Å². The highest BCUT2D eigenvalue weighted by Gasteiger charge is 2.43. The summed E-state index contributed by atoms with van der Waals surface area (Å²) in [6.45, 7) is 5.32. The van der Waals surface area contributed by atoms with Gasteiger partial charge in [-0.3, -0.25) is 14.7 Å². The number of nitrogens with one attached hydrogen (secondary N) is 1. The minimum Gasteiger partial charge on any atom is -0.383 e. The van der Waals surface area contributed by atoms with Crippen LogP contribution in [0.25, 0.3) is 10.9 Å². The smallest absolute Gasteiger partial charge is 0.275 e. The Kier molecular flexibility index (Phi) is 5.10. The molecule has 2 aliphatic heterocycles. The predicted molar refractivity (Wildman–Crippen MR) is 106 cm³/mol. The Hall–Kier alpha value is -2.41. The number of nitrogens with zero attached hydrogens (tertiary/aromatic N) is 3. The van der Waals surface area contributed by atoms with Crippen molar-refractivity contribution in [3.8, 4) is 0 Å². The van der Waals surface area contributed by atoms with Crippen LogP contribution in [0.1, 0.15) is 41.7 Å². The van der Waals surface area contributed by atoms with E-state index in [4.69, 9.17) is 4.74 Å². The fourth-order valence-corrected chi connectivity index (χ4v) is 4.66. The largest absolute Gasteiger partial charge is 0.383 e. The van der Waals surface area contributed by atoms with E-state index in [0.717, 1.165) is 42.3 Å². The number of methoxy groups -OCH3 is 1. The summed E-state index contributed by atoms with van der Waals surface area (Å²) in [6, 6.07) is 5.99. The molecule has 2 aliphatic rings. The average Bonchev–Trinajstić information content (AvgIpc) is 3.11. The summed E-state index contributed by atoms with van der Waals surface area (Å²) in [5.74, 6) is 0.177. The van der Waals surface area contributed by atoms with Crippen LogP contribution in [-0.4, -0.2) is 71.7 Å². The molecule has 1 aromatic carbocycles. The number of benzene rings is 1. The van der Waals surface area contributed by atoms with Crippen molar-refractivity contribution in [3.05, 3.63) is 29.5 Å². The monoisotopic (exact) mass is 384 g/mol. The van der Waals surface area contributed by atoms with E-state index in [1.54, 1.807) is 7.11 Å². The topological polar surface area (TPSA) is 78.5 Å². The van der Waals surface area contributed by atoms with Crippen molar-refractivity contribution in [1.29, 1.82) is 0 Å². The van der Waals surface area contributed by atoms with Crippen molar-refractivity contribution in [2.24, 2.45) is 5.41 Å². The van der Waals surface area contributed by atoms with Crippen LogP contribution in [0.2, 0.25) is 0 Å². The van der Waals surface area contributed by atoms with E-state index in [1.807, 2.05) is 34.9 Å². The van der Waals surface area contributed by atoms with Gasteiger partial charge < -0.3 is 14.5 Å². The number of aromatic nitrogens is 2. The number of piperidine rings is 2. The summed E-state index contributed by atoms with van der Waals surface area (Å²) in [6.07, 6.45) is 3.41. The van der Waals surface area contributed by atoms with Gasteiger partial charge in [0.15, 0.2) is 5.69 Å². The Morgan fingerprint density at radius 1 is 1.32 bits per heavy atom. The van der Waals surface area contributed by atoms with Crippen LogP contribution in [0.4, 0.5) is 0 Å². The van der Waals surface area contributed by atoms with Gasteiger partial charge in [-0.25, -0.2) is 0 Å². The molecule has 0 saturated carbocycles. The quantitative estimate of drug-likeness (QED) is 0.878. The van der Waals surface area contributed by atoms with Gasteiger partial charge in [-0.2, -0.15) is 5.10 Å². The van der Waals surface area contributed by atoms with E-state index in [0.29, 0.717) is 38.4 Å². The molecule has 1 N–H and O–H groups in total. The summed E-state index contributed by atoms with van der Waals surface area (Å²) in [5, 5.41) is 8.17. The maximum atomic E-state index is 13.3. The van der Waals surface area contributed by atoms with E-state index < -0.39 is 0 Å².